The van der Waals surface area contributed by atoms with Gasteiger partial charge in [0.05, 0.1) is 6.61 Å². The summed E-state index contributed by atoms with van der Waals surface area (Å²) < 4.78 is 0. The van der Waals surface area contributed by atoms with Gasteiger partial charge in [-0.1, -0.05) is 36.4 Å². The van der Waals surface area contributed by atoms with E-state index in [4.69, 9.17) is 20.4 Å². The number of carboxylic acids is 2. The molecule has 3 atom stereocenters. The van der Waals surface area contributed by atoms with E-state index < -0.39 is 24.1 Å². The Hall–Kier alpha value is -2.98. The van der Waals surface area contributed by atoms with E-state index in [0.717, 1.165) is 24.1 Å². The second-order valence-corrected chi connectivity index (χ2v) is 8.79. The molecule has 0 aromatic heterocycles. The molecule has 0 heterocycles. The number of aromatic hydroxyl groups is 1. The molecule has 0 aliphatic carbocycles. The second kappa shape index (κ2) is 14.4. The van der Waals surface area contributed by atoms with Crippen LogP contribution in [-0.2, 0) is 16.2 Å². The SMILES string of the molecule is CC(C)N(CC[C@H](c1ccccc1)c1cc(CO)ccc1O)C(C)C.O=C(O)[C@H](O)[C@@H](O)C(=O)O. The average Bonchev–Trinajstić information content (AvgIpc) is 2.81. The van der Waals surface area contributed by atoms with Gasteiger partial charge >= 0.3 is 11.9 Å². The fourth-order valence-electron chi connectivity index (χ4n) is 3.83. The van der Waals surface area contributed by atoms with Gasteiger partial charge in [-0.2, -0.15) is 0 Å². The lowest BCUT2D eigenvalue weighted by molar-refractivity contribution is -0.165. The first kappa shape index (κ1) is 30.1. The molecule has 0 fully saturated rings. The fraction of sp³-hybridized carbons (Fsp3) is 0.462. The van der Waals surface area contributed by atoms with Crippen molar-refractivity contribution in [2.45, 2.75) is 70.9 Å². The van der Waals surface area contributed by atoms with Crippen LogP contribution in [-0.4, -0.2) is 78.3 Å². The summed E-state index contributed by atoms with van der Waals surface area (Å²) >= 11 is 0. The van der Waals surface area contributed by atoms with Gasteiger partial charge in [0.2, 0.25) is 0 Å². The average molecular weight is 492 g/mol. The van der Waals surface area contributed by atoms with E-state index in [1.54, 1.807) is 12.1 Å². The van der Waals surface area contributed by atoms with E-state index in [9.17, 15) is 19.8 Å². The predicted molar refractivity (Wildman–Crippen MR) is 131 cm³/mol. The van der Waals surface area contributed by atoms with Crippen LogP contribution in [0, 0.1) is 0 Å². The third-order valence-corrected chi connectivity index (χ3v) is 5.66. The van der Waals surface area contributed by atoms with Gasteiger partial charge in [0.15, 0.2) is 12.2 Å². The number of hydrogen-bond acceptors (Lipinski definition) is 7. The number of phenols is 1. The first-order valence-corrected chi connectivity index (χ1v) is 11.5. The predicted octanol–water partition coefficient (Wildman–Crippen LogP) is 2.40. The van der Waals surface area contributed by atoms with E-state index in [2.05, 4.69) is 44.7 Å². The third kappa shape index (κ3) is 9.29. The topological polar surface area (TPSA) is 159 Å². The number of aliphatic hydroxyl groups is 3. The number of benzene rings is 2. The van der Waals surface area contributed by atoms with Gasteiger partial charge in [0, 0.05) is 23.6 Å². The molecule has 0 aliphatic heterocycles. The molecule has 2 aromatic rings. The van der Waals surface area contributed by atoms with Crippen molar-refractivity contribution < 1.29 is 40.2 Å². The van der Waals surface area contributed by atoms with Gasteiger partial charge < -0.3 is 30.6 Å². The minimum absolute atomic E-state index is 0.0150. The summed E-state index contributed by atoms with van der Waals surface area (Å²) in [5.74, 6) is -3.14. The third-order valence-electron chi connectivity index (χ3n) is 5.66. The van der Waals surface area contributed by atoms with Gasteiger partial charge in [-0.25, -0.2) is 9.59 Å². The summed E-state index contributed by atoms with van der Waals surface area (Å²) in [6.45, 7) is 9.84. The van der Waals surface area contributed by atoms with Gasteiger partial charge in [-0.3, -0.25) is 4.90 Å². The highest BCUT2D eigenvalue weighted by atomic mass is 16.4. The van der Waals surface area contributed by atoms with Crippen LogP contribution in [0.3, 0.4) is 0 Å². The molecule has 6 N–H and O–H groups in total. The first-order chi connectivity index (χ1) is 16.4. The van der Waals surface area contributed by atoms with Crippen LogP contribution in [0.1, 0.15) is 56.7 Å². The van der Waals surface area contributed by atoms with Crippen LogP contribution in [0.15, 0.2) is 48.5 Å². The Morgan fingerprint density at radius 3 is 1.80 bits per heavy atom. The number of carboxylic acid groups (broad SMARTS) is 2. The number of aliphatic carboxylic acids is 2. The van der Waals surface area contributed by atoms with E-state index in [0.29, 0.717) is 17.8 Å². The summed E-state index contributed by atoms with van der Waals surface area (Å²) in [6, 6.07) is 16.7. The van der Waals surface area contributed by atoms with Crippen molar-refractivity contribution in [2.24, 2.45) is 0 Å². The first-order valence-electron chi connectivity index (χ1n) is 11.5. The van der Waals surface area contributed by atoms with Crippen LogP contribution in [0.5, 0.6) is 5.75 Å². The summed E-state index contributed by atoms with van der Waals surface area (Å²) in [4.78, 5) is 22.0. The highest BCUT2D eigenvalue weighted by Gasteiger charge is 2.29. The van der Waals surface area contributed by atoms with E-state index in [1.807, 2.05) is 24.3 Å². The van der Waals surface area contributed by atoms with Gasteiger partial charge in [0.25, 0.3) is 0 Å². The van der Waals surface area contributed by atoms with Crippen LogP contribution in [0.2, 0.25) is 0 Å². The number of phenolic OH excluding ortho intramolecular Hbond substituents is 1. The quantitative estimate of drug-likeness (QED) is 0.277. The Morgan fingerprint density at radius 1 is 0.857 bits per heavy atom. The Labute approximate surface area is 205 Å². The molecule has 9 nitrogen and oxygen atoms in total. The van der Waals surface area contributed by atoms with Gasteiger partial charge in [-0.15, -0.1) is 0 Å². The summed E-state index contributed by atoms with van der Waals surface area (Å²) in [5.41, 5.74) is 2.92. The molecule has 9 heteroatoms. The number of hydrogen-bond donors (Lipinski definition) is 6. The maximum absolute atomic E-state index is 10.5. The molecule has 0 bridgehead atoms. The van der Waals surface area contributed by atoms with E-state index in [1.165, 1.54) is 5.56 Å². The van der Waals surface area contributed by atoms with E-state index in [-0.39, 0.29) is 12.5 Å². The summed E-state index contributed by atoms with van der Waals surface area (Å²) in [5, 5.41) is 52.5. The number of rotatable bonds is 11. The molecule has 0 saturated carbocycles. The largest absolute Gasteiger partial charge is 0.508 e. The van der Waals surface area contributed by atoms with Crippen LogP contribution < -0.4 is 0 Å². The van der Waals surface area contributed by atoms with Crippen molar-refractivity contribution in [1.82, 2.24) is 4.90 Å². The maximum atomic E-state index is 10.5. The molecule has 0 saturated heterocycles. The lowest BCUT2D eigenvalue weighted by Gasteiger charge is -2.32. The Balaban J connectivity index is 0.000000518. The number of aliphatic hydroxyl groups excluding tert-OH is 3. The molecule has 35 heavy (non-hydrogen) atoms. The van der Waals surface area contributed by atoms with Crippen molar-refractivity contribution in [3.8, 4) is 5.75 Å². The smallest absolute Gasteiger partial charge is 0.335 e. The second-order valence-electron chi connectivity index (χ2n) is 8.79. The maximum Gasteiger partial charge on any atom is 0.335 e. The van der Waals surface area contributed by atoms with E-state index >= 15 is 0 Å². The summed E-state index contributed by atoms with van der Waals surface area (Å²) in [6.07, 6.45) is -3.61. The molecule has 0 radical (unpaired) electrons. The van der Waals surface area contributed by atoms with Crippen molar-refractivity contribution in [3.63, 3.8) is 0 Å². The molecule has 0 unspecified atom stereocenters. The van der Waals surface area contributed by atoms with Gasteiger partial charge in [-0.05, 0) is 63.9 Å². The molecular weight excluding hydrogens is 454 g/mol. The number of nitrogens with zero attached hydrogens (tertiary/aromatic N) is 1. The Bertz CT molecular complexity index is 906. The summed E-state index contributed by atoms with van der Waals surface area (Å²) in [7, 11) is 0. The molecule has 0 spiro atoms. The Kier molecular flexibility index (Phi) is 12.4. The lowest BCUT2D eigenvalue weighted by atomic mass is 9.86. The van der Waals surface area contributed by atoms with Crippen LogP contribution >= 0.6 is 0 Å². The monoisotopic (exact) mass is 491 g/mol. The standard InChI is InChI=1S/C22H31NO2.C4H6O6/c1-16(2)23(17(3)4)13-12-20(19-8-6-5-7-9-19)21-14-18(15-24)10-11-22(21)25;5-1(3(7)8)2(6)4(9)10/h5-11,14,16-17,20,24-25H,12-13,15H2,1-4H3;1-2,5-6H,(H,7,8)(H,9,10)/t20-;1-,2-/m11/s1. The highest BCUT2D eigenvalue weighted by Crippen LogP contribution is 2.35. The van der Waals surface area contributed by atoms with Crippen molar-refractivity contribution in [1.29, 1.82) is 0 Å². The molecule has 2 aromatic carbocycles. The van der Waals surface area contributed by atoms with Crippen LogP contribution in [0.4, 0.5) is 0 Å². The van der Waals surface area contributed by atoms with Crippen molar-refractivity contribution in [2.75, 3.05) is 6.54 Å². The molecule has 2 rings (SSSR count). The molecule has 0 amide bonds. The Morgan fingerprint density at radius 2 is 1.37 bits per heavy atom. The molecule has 0 aliphatic rings. The zero-order valence-corrected chi connectivity index (χ0v) is 20.6. The number of carbonyl (C=O) groups is 2. The zero-order chi connectivity index (χ0) is 26.7. The van der Waals surface area contributed by atoms with Crippen molar-refractivity contribution in [3.05, 3.63) is 65.2 Å². The van der Waals surface area contributed by atoms with Crippen molar-refractivity contribution >= 4 is 11.9 Å². The fourth-order valence-corrected chi connectivity index (χ4v) is 3.83. The lowest BCUT2D eigenvalue weighted by Crippen LogP contribution is -2.39. The normalized spacial score (nSPS) is 13.8. The molecular formula is C26H37NO8. The zero-order valence-electron chi connectivity index (χ0n) is 20.6. The minimum Gasteiger partial charge on any atom is -0.508 e. The minimum atomic E-state index is -2.27. The molecule has 194 valence electrons. The highest BCUT2D eigenvalue weighted by molar-refractivity contribution is 5.83. The van der Waals surface area contributed by atoms with Gasteiger partial charge in [0.1, 0.15) is 5.75 Å². The van der Waals surface area contributed by atoms with Crippen LogP contribution in [0.25, 0.3) is 0 Å².